The second kappa shape index (κ2) is 13.5. The van der Waals surface area contributed by atoms with E-state index < -0.39 is 0 Å². The zero-order valence-corrected chi connectivity index (χ0v) is 28.7. The van der Waals surface area contributed by atoms with Crippen LogP contribution >= 0.6 is 34.8 Å². The highest BCUT2D eigenvalue weighted by Gasteiger charge is 2.24. The van der Waals surface area contributed by atoms with Crippen molar-refractivity contribution in [3.8, 4) is 11.1 Å². The number of pyridine rings is 1. The first-order valence-electron chi connectivity index (χ1n) is 16.3. The quantitative estimate of drug-likeness (QED) is 0.120. The number of hydrogen-bond donors (Lipinski definition) is 0. The van der Waals surface area contributed by atoms with Gasteiger partial charge in [0.25, 0.3) is 0 Å². The number of rotatable bonds is 7. The molecule has 0 radical (unpaired) electrons. The van der Waals surface area contributed by atoms with Crippen molar-refractivity contribution in [1.82, 2.24) is 4.98 Å². The predicted octanol–water partition coefficient (Wildman–Crippen LogP) is 13.4. The SMILES string of the molecule is Clc1ccccc1-c1c2cc(C(c3ccccc3)c3ccccc3Cl)ccc2nc2ccc(C(c3ccccc3)c3ccccc3Cl)cc12. The summed E-state index contributed by atoms with van der Waals surface area (Å²) in [6.07, 6.45) is 0. The summed E-state index contributed by atoms with van der Waals surface area (Å²) in [7, 11) is 0. The molecule has 0 saturated heterocycles. The van der Waals surface area contributed by atoms with Gasteiger partial charge in [-0.3, -0.25) is 0 Å². The smallest absolute Gasteiger partial charge is 0.0716 e. The number of fused-ring (bicyclic) bond motifs is 2. The Kier molecular flexibility index (Phi) is 8.66. The zero-order chi connectivity index (χ0) is 33.3. The highest BCUT2D eigenvalue weighted by Crippen LogP contribution is 2.44. The van der Waals surface area contributed by atoms with E-state index in [1.807, 2.05) is 66.7 Å². The zero-order valence-electron chi connectivity index (χ0n) is 26.4. The molecule has 2 atom stereocenters. The van der Waals surface area contributed by atoms with Crippen LogP contribution in [0.4, 0.5) is 0 Å². The number of hydrogen-bond acceptors (Lipinski definition) is 1. The van der Waals surface area contributed by atoms with E-state index in [1.165, 1.54) is 0 Å². The molecule has 0 saturated carbocycles. The molecule has 0 amide bonds. The van der Waals surface area contributed by atoms with Gasteiger partial charge in [0.1, 0.15) is 0 Å². The first kappa shape index (κ1) is 31.4. The lowest BCUT2D eigenvalue weighted by atomic mass is 9.82. The van der Waals surface area contributed by atoms with Crippen LogP contribution in [0, 0.1) is 0 Å². The minimum absolute atomic E-state index is 0.0805. The maximum atomic E-state index is 7.03. The van der Waals surface area contributed by atoms with Gasteiger partial charge in [0.15, 0.2) is 0 Å². The molecule has 0 N–H and O–H groups in total. The van der Waals surface area contributed by atoms with E-state index >= 15 is 0 Å². The highest BCUT2D eigenvalue weighted by atomic mass is 35.5. The van der Waals surface area contributed by atoms with E-state index in [9.17, 15) is 0 Å². The summed E-state index contributed by atoms with van der Waals surface area (Å²) in [4.78, 5) is 5.23. The fraction of sp³-hybridized carbons (Fsp3) is 0.0444. The van der Waals surface area contributed by atoms with Gasteiger partial charge in [-0.15, -0.1) is 0 Å². The normalized spacial score (nSPS) is 12.6. The molecule has 8 rings (SSSR count). The van der Waals surface area contributed by atoms with Crippen LogP contribution in [0.5, 0.6) is 0 Å². The number of halogens is 3. The Balaban J connectivity index is 1.42. The number of aromatic nitrogens is 1. The van der Waals surface area contributed by atoms with Gasteiger partial charge >= 0.3 is 0 Å². The van der Waals surface area contributed by atoms with Gasteiger partial charge in [-0.05, 0) is 75.8 Å². The fourth-order valence-electron chi connectivity index (χ4n) is 7.10. The third-order valence-corrected chi connectivity index (χ3v) is 10.3. The van der Waals surface area contributed by atoms with Crippen LogP contribution in [0.25, 0.3) is 32.9 Å². The largest absolute Gasteiger partial charge is 0.248 e. The third kappa shape index (κ3) is 6.00. The molecule has 4 heteroatoms. The van der Waals surface area contributed by atoms with Gasteiger partial charge in [-0.1, -0.05) is 162 Å². The topological polar surface area (TPSA) is 12.9 Å². The Morgan fingerprint density at radius 2 is 0.776 bits per heavy atom. The molecule has 0 bridgehead atoms. The van der Waals surface area contributed by atoms with Crippen LogP contribution in [-0.4, -0.2) is 4.98 Å². The molecule has 0 aliphatic heterocycles. The predicted molar refractivity (Wildman–Crippen MR) is 207 cm³/mol. The molecule has 1 nitrogen and oxygen atoms in total. The Labute approximate surface area is 301 Å². The van der Waals surface area contributed by atoms with E-state index in [4.69, 9.17) is 39.8 Å². The first-order valence-corrected chi connectivity index (χ1v) is 17.4. The number of benzene rings is 7. The van der Waals surface area contributed by atoms with E-state index in [2.05, 4.69) is 103 Å². The Morgan fingerprint density at radius 1 is 0.367 bits per heavy atom. The average Bonchev–Trinajstić information content (AvgIpc) is 3.14. The molecule has 2 unspecified atom stereocenters. The van der Waals surface area contributed by atoms with Crippen molar-refractivity contribution in [2.45, 2.75) is 11.8 Å². The number of nitrogens with zero attached hydrogens (tertiary/aromatic N) is 1. The lowest BCUT2D eigenvalue weighted by molar-refractivity contribution is 0.979. The van der Waals surface area contributed by atoms with Crippen LogP contribution in [0.2, 0.25) is 15.1 Å². The summed E-state index contributed by atoms with van der Waals surface area (Å²) in [5.74, 6) is -0.161. The fourth-order valence-corrected chi connectivity index (χ4v) is 7.82. The maximum absolute atomic E-state index is 7.03. The van der Waals surface area contributed by atoms with Crippen LogP contribution < -0.4 is 0 Å². The molecule has 0 fully saturated rings. The lowest BCUT2D eigenvalue weighted by Crippen LogP contribution is -2.05. The van der Waals surface area contributed by atoms with E-state index in [1.54, 1.807) is 0 Å². The summed E-state index contributed by atoms with van der Waals surface area (Å²) in [5.41, 5.74) is 10.5. The molecule has 0 spiro atoms. The van der Waals surface area contributed by atoms with Gasteiger partial charge in [0.2, 0.25) is 0 Å². The van der Waals surface area contributed by atoms with Crippen molar-refractivity contribution in [2.24, 2.45) is 0 Å². The van der Waals surface area contributed by atoms with Crippen molar-refractivity contribution < 1.29 is 0 Å². The van der Waals surface area contributed by atoms with Crippen molar-refractivity contribution in [2.75, 3.05) is 0 Å². The van der Waals surface area contributed by atoms with Crippen LogP contribution in [-0.2, 0) is 0 Å². The third-order valence-electron chi connectivity index (χ3n) is 9.33. The van der Waals surface area contributed by atoms with E-state index in [0.717, 1.165) is 76.4 Å². The van der Waals surface area contributed by atoms with E-state index in [0.29, 0.717) is 5.02 Å². The summed E-state index contributed by atoms with van der Waals surface area (Å²) in [5, 5.41) is 4.20. The molecule has 1 heterocycles. The minimum atomic E-state index is -0.0805. The minimum Gasteiger partial charge on any atom is -0.248 e. The molecule has 0 aliphatic rings. The maximum Gasteiger partial charge on any atom is 0.0716 e. The van der Waals surface area contributed by atoms with Crippen LogP contribution in [0.3, 0.4) is 0 Å². The monoisotopic (exact) mass is 689 g/mol. The molecular formula is C45H30Cl3N. The van der Waals surface area contributed by atoms with Gasteiger partial charge in [-0.25, -0.2) is 4.98 Å². The van der Waals surface area contributed by atoms with Crippen LogP contribution in [0.15, 0.2) is 170 Å². The highest BCUT2D eigenvalue weighted by molar-refractivity contribution is 6.34. The summed E-state index contributed by atoms with van der Waals surface area (Å²) >= 11 is 20.8. The van der Waals surface area contributed by atoms with Crippen molar-refractivity contribution in [3.05, 3.63) is 218 Å². The molecule has 1 aromatic heterocycles. The van der Waals surface area contributed by atoms with E-state index in [-0.39, 0.29) is 11.8 Å². The molecule has 236 valence electrons. The molecule has 49 heavy (non-hydrogen) atoms. The first-order chi connectivity index (χ1) is 24.1. The standard InChI is InChI=1S/C45H30Cl3N/c46-38-20-10-7-17-33(38)43(29-13-3-1-4-14-29)31-23-25-41-36(27-31)45(35-19-9-12-22-40(35)48)37-28-32(24-26-42(37)49-41)44(30-15-5-2-6-16-30)34-18-8-11-21-39(34)47/h1-28,43-44H. The summed E-state index contributed by atoms with van der Waals surface area (Å²) in [6, 6.07) is 58.5. The Hall–Kier alpha value is -4.92. The average molecular weight is 691 g/mol. The van der Waals surface area contributed by atoms with Crippen LogP contribution in [0.1, 0.15) is 45.2 Å². The van der Waals surface area contributed by atoms with Crippen molar-refractivity contribution in [1.29, 1.82) is 0 Å². The molecule has 7 aromatic carbocycles. The molecule has 0 aliphatic carbocycles. The van der Waals surface area contributed by atoms with Crippen molar-refractivity contribution in [3.63, 3.8) is 0 Å². The lowest BCUT2D eigenvalue weighted by Gasteiger charge is -2.23. The van der Waals surface area contributed by atoms with Gasteiger partial charge < -0.3 is 0 Å². The van der Waals surface area contributed by atoms with Gasteiger partial charge in [0, 0.05) is 48.8 Å². The molecule has 8 aromatic rings. The summed E-state index contributed by atoms with van der Waals surface area (Å²) < 4.78 is 0. The van der Waals surface area contributed by atoms with Crippen molar-refractivity contribution >= 4 is 56.6 Å². The second-order valence-corrected chi connectivity index (χ2v) is 13.5. The van der Waals surface area contributed by atoms with Gasteiger partial charge in [0.05, 0.1) is 11.0 Å². The Morgan fingerprint density at radius 3 is 1.22 bits per heavy atom. The molecular weight excluding hydrogens is 661 g/mol. The summed E-state index contributed by atoms with van der Waals surface area (Å²) in [6.45, 7) is 0. The van der Waals surface area contributed by atoms with Gasteiger partial charge in [-0.2, -0.15) is 0 Å². The second-order valence-electron chi connectivity index (χ2n) is 12.3. The Bertz CT molecular complexity index is 2290.